The topological polar surface area (TPSA) is 149 Å². The Labute approximate surface area is 332 Å². The van der Waals surface area contributed by atoms with Gasteiger partial charge in [-0.25, -0.2) is 4.57 Å². The van der Waals surface area contributed by atoms with Gasteiger partial charge < -0.3 is 24.6 Å². The van der Waals surface area contributed by atoms with Crippen molar-refractivity contribution in [3.63, 3.8) is 0 Å². The Morgan fingerprint density at radius 2 is 0.800 bits per heavy atom. The van der Waals surface area contributed by atoms with Gasteiger partial charge in [-0.15, -0.1) is 0 Å². The second kappa shape index (κ2) is 39.1. The van der Waals surface area contributed by atoms with Crippen LogP contribution in [0.4, 0.5) is 0 Å². The van der Waals surface area contributed by atoms with Gasteiger partial charge in [0.2, 0.25) is 0 Å². The van der Waals surface area contributed by atoms with Crippen LogP contribution in [-0.2, 0) is 32.7 Å². The molecule has 0 aromatic heterocycles. The standard InChI is InChI=1S/C44H71O10P/c1-3-5-7-9-11-13-15-17-19-20-22-24-26-28-30-32-34-36-44(48)54-42(38-46)40-52-55(49,50)51-39-41(37-45)53-43(47)35-33-31-29-27-25-23-21-18-16-14-12-10-8-6-4-2/h5-8,11-14,17-19,21-22,24-25,27,41-42,45-46H,3-4,9-10,15-16,20,23,26,28-40H2,1-2H3,(H,49,50)/b7-5-,8-6-,13-11-,14-12-,19-17-,21-18-,24-22-,27-25-. The van der Waals surface area contributed by atoms with E-state index >= 15 is 0 Å². The molecule has 0 rings (SSSR count). The van der Waals surface area contributed by atoms with Crippen LogP contribution in [-0.4, -0.2) is 65.7 Å². The minimum absolute atomic E-state index is 0.132. The summed E-state index contributed by atoms with van der Waals surface area (Å²) >= 11 is 0. The quantitative estimate of drug-likeness (QED) is 0.0242. The van der Waals surface area contributed by atoms with E-state index in [1.165, 1.54) is 0 Å². The van der Waals surface area contributed by atoms with Crippen LogP contribution in [0, 0.1) is 0 Å². The number of ether oxygens (including phenoxy) is 2. The summed E-state index contributed by atoms with van der Waals surface area (Å²) in [5.41, 5.74) is 0. The third-order valence-corrected chi connectivity index (χ3v) is 8.74. The van der Waals surface area contributed by atoms with Gasteiger partial charge in [-0.1, -0.05) is 124 Å². The molecule has 55 heavy (non-hydrogen) atoms. The molecule has 3 atom stereocenters. The third-order valence-electron chi connectivity index (χ3n) is 7.79. The number of unbranched alkanes of at least 4 members (excludes halogenated alkanes) is 6. The number of aliphatic hydroxyl groups is 2. The fourth-order valence-electron chi connectivity index (χ4n) is 4.74. The first-order valence-corrected chi connectivity index (χ1v) is 21.7. The summed E-state index contributed by atoms with van der Waals surface area (Å²) in [7, 11) is -4.66. The number of esters is 2. The van der Waals surface area contributed by atoms with E-state index in [0.29, 0.717) is 12.8 Å². The van der Waals surface area contributed by atoms with Crippen LogP contribution in [0.5, 0.6) is 0 Å². The molecule has 0 spiro atoms. The van der Waals surface area contributed by atoms with Gasteiger partial charge in [-0.2, -0.15) is 0 Å². The van der Waals surface area contributed by atoms with Gasteiger partial charge in [-0.3, -0.25) is 18.6 Å². The molecule has 0 heterocycles. The number of allylic oxidation sites excluding steroid dienone is 16. The van der Waals surface area contributed by atoms with E-state index in [2.05, 4.69) is 111 Å². The molecule has 0 aliphatic carbocycles. The number of hydrogen-bond donors (Lipinski definition) is 3. The van der Waals surface area contributed by atoms with Crippen molar-refractivity contribution < 1.29 is 47.8 Å². The fourth-order valence-corrected chi connectivity index (χ4v) is 5.53. The van der Waals surface area contributed by atoms with Crippen LogP contribution in [0.2, 0.25) is 0 Å². The number of hydrogen-bond acceptors (Lipinski definition) is 9. The summed E-state index contributed by atoms with van der Waals surface area (Å²) < 4.78 is 32.4. The van der Waals surface area contributed by atoms with Gasteiger partial charge >= 0.3 is 19.8 Å². The van der Waals surface area contributed by atoms with E-state index in [1.807, 2.05) is 0 Å². The molecule has 0 aliphatic heterocycles. The van der Waals surface area contributed by atoms with E-state index < -0.39 is 58.4 Å². The lowest BCUT2D eigenvalue weighted by Crippen LogP contribution is -2.28. The second-order valence-corrected chi connectivity index (χ2v) is 14.3. The zero-order chi connectivity index (χ0) is 40.5. The zero-order valence-corrected chi connectivity index (χ0v) is 34.5. The van der Waals surface area contributed by atoms with Crippen molar-refractivity contribution in [1.82, 2.24) is 0 Å². The van der Waals surface area contributed by atoms with E-state index in [1.54, 1.807) is 0 Å². The summed E-state index contributed by atoms with van der Waals surface area (Å²) in [6.45, 7) is 1.87. The smallest absolute Gasteiger partial charge is 0.457 e. The molecule has 0 saturated carbocycles. The largest absolute Gasteiger partial charge is 0.472 e. The summed E-state index contributed by atoms with van der Waals surface area (Å²) in [5, 5.41) is 19.1. The average Bonchev–Trinajstić information content (AvgIpc) is 3.17. The van der Waals surface area contributed by atoms with Crippen molar-refractivity contribution in [3.8, 4) is 0 Å². The Kier molecular flexibility index (Phi) is 36.9. The minimum atomic E-state index is -4.66. The second-order valence-electron chi connectivity index (χ2n) is 12.8. The molecular formula is C44H71O10P. The van der Waals surface area contributed by atoms with Crippen LogP contribution in [0.15, 0.2) is 97.2 Å². The molecule has 0 amide bonds. The SMILES string of the molecule is CC/C=C\C/C=C\C/C=C\C/C=C\CCCCCCC(=O)OC(CO)COP(=O)(O)OCC(CO)OC(=O)CCCC/C=C\C/C=C\C/C=C\C/C=C\CC. The molecule has 10 nitrogen and oxygen atoms in total. The molecule has 0 radical (unpaired) electrons. The highest BCUT2D eigenvalue weighted by Gasteiger charge is 2.27. The average molecular weight is 791 g/mol. The van der Waals surface area contributed by atoms with Crippen LogP contribution in [0.3, 0.4) is 0 Å². The van der Waals surface area contributed by atoms with Crippen molar-refractivity contribution in [2.45, 2.75) is 142 Å². The summed E-state index contributed by atoms with van der Waals surface area (Å²) in [6, 6.07) is 0. The zero-order valence-electron chi connectivity index (χ0n) is 33.6. The van der Waals surface area contributed by atoms with Crippen molar-refractivity contribution in [2.75, 3.05) is 26.4 Å². The Bertz CT molecular complexity index is 1230. The van der Waals surface area contributed by atoms with Crippen molar-refractivity contribution >= 4 is 19.8 Å². The first kappa shape index (κ1) is 51.9. The summed E-state index contributed by atoms with van der Waals surface area (Å²) in [5.74, 6) is -1.10. The maximum absolute atomic E-state index is 12.3. The predicted molar refractivity (Wildman–Crippen MR) is 223 cm³/mol. The first-order valence-electron chi connectivity index (χ1n) is 20.2. The number of aliphatic hydroxyl groups excluding tert-OH is 2. The Balaban J connectivity index is 4.08. The van der Waals surface area contributed by atoms with Gasteiger partial charge in [0.1, 0.15) is 12.2 Å². The number of phosphoric ester groups is 1. The fraction of sp³-hybridized carbons (Fsp3) is 0.591. The molecule has 3 N–H and O–H groups in total. The molecular weight excluding hydrogens is 719 g/mol. The molecule has 11 heteroatoms. The van der Waals surface area contributed by atoms with Crippen molar-refractivity contribution in [3.05, 3.63) is 97.2 Å². The molecule has 0 saturated heterocycles. The maximum atomic E-state index is 12.3. The number of carbonyl (C=O) groups excluding carboxylic acids is 2. The van der Waals surface area contributed by atoms with Crippen molar-refractivity contribution in [1.29, 1.82) is 0 Å². The lowest BCUT2D eigenvalue weighted by atomic mass is 10.1. The van der Waals surface area contributed by atoms with Gasteiger partial charge in [0.15, 0.2) is 0 Å². The lowest BCUT2D eigenvalue weighted by Gasteiger charge is -2.20. The Morgan fingerprint density at radius 3 is 1.16 bits per heavy atom. The normalized spacial score (nSPS) is 14.9. The highest BCUT2D eigenvalue weighted by atomic mass is 31.2. The summed E-state index contributed by atoms with van der Waals surface area (Å²) in [6.07, 6.45) is 46.7. The Morgan fingerprint density at radius 1 is 0.491 bits per heavy atom. The van der Waals surface area contributed by atoms with Gasteiger partial charge in [0, 0.05) is 12.8 Å². The van der Waals surface area contributed by atoms with Crippen LogP contribution >= 0.6 is 7.82 Å². The first-order chi connectivity index (χ1) is 26.8. The van der Waals surface area contributed by atoms with Gasteiger partial charge in [0.25, 0.3) is 0 Å². The maximum Gasteiger partial charge on any atom is 0.472 e. The monoisotopic (exact) mass is 790 g/mol. The van der Waals surface area contributed by atoms with Crippen molar-refractivity contribution in [2.24, 2.45) is 0 Å². The van der Waals surface area contributed by atoms with E-state index in [4.69, 9.17) is 18.5 Å². The predicted octanol–water partition coefficient (Wildman–Crippen LogP) is 10.4. The van der Waals surface area contributed by atoms with Crippen LogP contribution < -0.4 is 0 Å². The molecule has 312 valence electrons. The van der Waals surface area contributed by atoms with Gasteiger partial charge in [0.05, 0.1) is 26.4 Å². The van der Waals surface area contributed by atoms with Crippen LogP contribution in [0.25, 0.3) is 0 Å². The third kappa shape index (κ3) is 37.6. The highest BCUT2D eigenvalue weighted by Crippen LogP contribution is 2.43. The molecule has 0 bridgehead atoms. The number of carbonyl (C=O) groups is 2. The van der Waals surface area contributed by atoms with Crippen LogP contribution in [0.1, 0.15) is 129 Å². The minimum Gasteiger partial charge on any atom is -0.457 e. The lowest BCUT2D eigenvalue weighted by molar-refractivity contribution is -0.153. The van der Waals surface area contributed by atoms with E-state index in [0.717, 1.165) is 89.9 Å². The van der Waals surface area contributed by atoms with Gasteiger partial charge in [-0.05, 0) is 89.9 Å². The molecule has 0 aromatic rings. The van der Waals surface area contributed by atoms with E-state index in [-0.39, 0.29) is 12.8 Å². The molecule has 0 aliphatic rings. The molecule has 0 fully saturated rings. The number of phosphoric acid groups is 1. The Hall–Kier alpha value is -3.11. The van der Waals surface area contributed by atoms with E-state index in [9.17, 15) is 29.3 Å². The number of rotatable bonds is 36. The highest BCUT2D eigenvalue weighted by molar-refractivity contribution is 7.47. The summed E-state index contributed by atoms with van der Waals surface area (Å²) in [4.78, 5) is 34.4. The molecule has 0 aromatic carbocycles. The molecule has 3 unspecified atom stereocenters.